The predicted octanol–water partition coefficient (Wildman–Crippen LogP) is 0.660. The summed E-state index contributed by atoms with van der Waals surface area (Å²) in [5, 5.41) is 11.3. The molecule has 0 saturated heterocycles. The van der Waals surface area contributed by atoms with Crippen LogP contribution in [0.1, 0.15) is 13.8 Å². The van der Waals surface area contributed by atoms with E-state index in [4.69, 9.17) is 5.11 Å². The molecule has 118 valence electrons. The maximum atomic E-state index is 12.4. The van der Waals surface area contributed by atoms with Crippen molar-refractivity contribution in [2.75, 3.05) is 6.54 Å². The number of carbonyl (C=O) groups is 2. The van der Waals surface area contributed by atoms with Crippen molar-refractivity contribution in [1.29, 1.82) is 0 Å². The standard InChI is InChI=1S/C15H19N3O4/c1-3-17-11-6-4-5-7-12(11)18(15(17)22)9-13(19)16-8-10(2)14(20)21/h4-7,10H,3,8-9H2,1-2H3,(H,16,19)(H,20,21). The third-order valence-electron chi connectivity index (χ3n) is 3.57. The number of nitrogens with one attached hydrogen (secondary N) is 1. The van der Waals surface area contributed by atoms with Crippen LogP contribution in [-0.4, -0.2) is 32.7 Å². The Kier molecular flexibility index (Phi) is 4.65. The minimum atomic E-state index is -0.972. The molecule has 0 bridgehead atoms. The van der Waals surface area contributed by atoms with E-state index in [-0.39, 0.29) is 24.7 Å². The molecule has 1 heterocycles. The maximum Gasteiger partial charge on any atom is 0.329 e. The summed E-state index contributed by atoms with van der Waals surface area (Å²) < 4.78 is 3.00. The predicted molar refractivity (Wildman–Crippen MR) is 81.7 cm³/mol. The van der Waals surface area contributed by atoms with Gasteiger partial charge in [-0.3, -0.25) is 18.7 Å². The van der Waals surface area contributed by atoms with Gasteiger partial charge in [-0.25, -0.2) is 4.79 Å². The van der Waals surface area contributed by atoms with Gasteiger partial charge in [-0.2, -0.15) is 0 Å². The lowest BCUT2D eigenvalue weighted by Gasteiger charge is -2.08. The molecule has 1 unspecified atom stereocenters. The fraction of sp³-hybridized carbons (Fsp3) is 0.400. The molecule has 0 radical (unpaired) electrons. The zero-order valence-corrected chi connectivity index (χ0v) is 12.6. The van der Waals surface area contributed by atoms with Crippen molar-refractivity contribution in [3.63, 3.8) is 0 Å². The first-order valence-corrected chi connectivity index (χ1v) is 7.13. The van der Waals surface area contributed by atoms with Crippen molar-refractivity contribution < 1.29 is 14.7 Å². The molecule has 0 aliphatic carbocycles. The molecule has 1 atom stereocenters. The number of nitrogens with zero attached hydrogens (tertiary/aromatic N) is 2. The molecule has 1 aromatic carbocycles. The van der Waals surface area contributed by atoms with Crippen LogP contribution in [0, 0.1) is 5.92 Å². The Labute approximate surface area is 127 Å². The van der Waals surface area contributed by atoms with Gasteiger partial charge in [0.2, 0.25) is 5.91 Å². The molecule has 1 aromatic heterocycles. The van der Waals surface area contributed by atoms with Gasteiger partial charge < -0.3 is 10.4 Å². The van der Waals surface area contributed by atoms with Crippen LogP contribution in [-0.2, 0) is 22.7 Å². The summed E-state index contributed by atoms with van der Waals surface area (Å²) >= 11 is 0. The van der Waals surface area contributed by atoms with Gasteiger partial charge in [-0.05, 0) is 19.1 Å². The quantitative estimate of drug-likeness (QED) is 0.820. The average Bonchev–Trinajstić information content (AvgIpc) is 2.77. The molecular formula is C15H19N3O4. The first-order chi connectivity index (χ1) is 10.5. The molecule has 7 nitrogen and oxygen atoms in total. The van der Waals surface area contributed by atoms with Crippen molar-refractivity contribution in [3.05, 3.63) is 34.7 Å². The molecule has 2 N–H and O–H groups in total. The van der Waals surface area contributed by atoms with E-state index in [1.54, 1.807) is 10.6 Å². The number of amides is 1. The van der Waals surface area contributed by atoms with E-state index in [1.165, 1.54) is 11.5 Å². The molecule has 2 aromatic rings. The normalized spacial score (nSPS) is 12.3. The number of fused-ring (bicyclic) bond motifs is 1. The van der Waals surface area contributed by atoms with E-state index in [0.29, 0.717) is 12.1 Å². The van der Waals surface area contributed by atoms with Crippen LogP contribution >= 0.6 is 0 Å². The fourth-order valence-corrected chi connectivity index (χ4v) is 2.28. The monoisotopic (exact) mass is 305 g/mol. The zero-order chi connectivity index (χ0) is 16.3. The first-order valence-electron chi connectivity index (χ1n) is 7.13. The summed E-state index contributed by atoms with van der Waals surface area (Å²) in [7, 11) is 0. The minimum absolute atomic E-state index is 0.0370. The second-order valence-corrected chi connectivity index (χ2v) is 5.15. The van der Waals surface area contributed by atoms with E-state index < -0.39 is 11.9 Å². The molecule has 1 amide bonds. The molecule has 0 aliphatic rings. The third kappa shape index (κ3) is 3.03. The molecular weight excluding hydrogens is 286 g/mol. The lowest BCUT2D eigenvalue weighted by Crippen LogP contribution is -2.36. The van der Waals surface area contributed by atoms with E-state index in [9.17, 15) is 14.4 Å². The van der Waals surface area contributed by atoms with Crippen LogP contribution in [0.3, 0.4) is 0 Å². The van der Waals surface area contributed by atoms with Crippen LogP contribution in [0.2, 0.25) is 0 Å². The van der Waals surface area contributed by atoms with E-state index in [1.807, 2.05) is 25.1 Å². The second-order valence-electron chi connectivity index (χ2n) is 5.15. The van der Waals surface area contributed by atoms with Crippen molar-refractivity contribution in [2.45, 2.75) is 26.9 Å². The van der Waals surface area contributed by atoms with Crippen molar-refractivity contribution in [1.82, 2.24) is 14.5 Å². The highest BCUT2D eigenvalue weighted by molar-refractivity contribution is 5.81. The van der Waals surface area contributed by atoms with Crippen LogP contribution in [0.25, 0.3) is 11.0 Å². The van der Waals surface area contributed by atoms with Gasteiger partial charge in [0.1, 0.15) is 6.54 Å². The largest absolute Gasteiger partial charge is 0.481 e. The molecule has 0 spiro atoms. The number of carboxylic acids is 1. The number of hydrogen-bond donors (Lipinski definition) is 2. The highest BCUT2D eigenvalue weighted by Gasteiger charge is 2.16. The van der Waals surface area contributed by atoms with Gasteiger partial charge in [0, 0.05) is 13.1 Å². The van der Waals surface area contributed by atoms with E-state index >= 15 is 0 Å². The molecule has 22 heavy (non-hydrogen) atoms. The number of carbonyl (C=O) groups excluding carboxylic acids is 1. The summed E-state index contributed by atoms with van der Waals surface area (Å²) in [6.45, 7) is 3.81. The highest BCUT2D eigenvalue weighted by Crippen LogP contribution is 2.12. The summed E-state index contributed by atoms with van der Waals surface area (Å²) in [5.74, 6) is -2.02. The van der Waals surface area contributed by atoms with Crippen molar-refractivity contribution in [3.8, 4) is 0 Å². The maximum absolute atomic E-state index is 12.4. The molecule has 2 rings (SSSR count). The number of aromatic nitrogens is 2. The van der Waals surface area contributed by atoms with Crippen LogP contribution in [0.15, 0.2) is 29.1 Å². The average molecular weight is 305 g/mol. The number of para-hydroxylation sites is 2. The Balaban J connectivity index is 2.21. The number of aryl methyl sites for hydroxylation is 1. The lowest BCUT2D eigenvalue weighted by atomic mass is 10.2. The fourth-order valence-electron chi connectivity index (χ4n) is 2.28. The second kappa shape index (κ2) is 6.46. The third-order valence-corrected chi connectivity index (χ3v) is 3.57. The minimum Gasteiger partial charge on any atom is -0.481 e. The van der Waals surface area contributed by atoms with Crippen molar-refractivity contribution >= 4 is 22.9 Å². The Bertz CT molecular complexity index is 760. The molecule has 0 aliphatic heterocycles. The smallest absolute Gasteiger partial charge is 0.329 e. The van der Waals surface area contributed by atoms with Crippen LogP contribution in [0.4, 0.5) is 0 Å². The van der Waals surface area contributed by atoms with Crippen molar-refractivity contribution in [2.24, 2.45) is 5.92 Å². The van der Waals surface area contributed by atoms with Gasteiger partial charge >= 0.3 is 11.7 Å². The summed E-state index contributed by atoms with van der Waals surface area (Å²) in [6.07, 6.45) is 0. The van der Waals surface area contributed by atoms with Gasteiger partial charge in [-0.15, -0.1) is 0 Å². The molecule has 0 saturated carbocycles. The first kappa shape index (κ1) is 15.8. The Morgan fingerprint density at radius 3 is 2.36 bits per heavy atom. The molecule has 7 heteroatoms. The van der Waals surface area contributed by atoms with Gasteiger partial charge in [0.05, 0.1) is 17.0 Å². The number of imidazole rings is 1. The Hall–Kier alpha value is -2.57. The number of rotatable bonds is 6. The Morgan fingerprint density at radius 1 is 1.23 bits per heavy atom. The highest BCUT2D eigenvalue weighted by atomic mass is 16.4. The Morgan fingerprint density at radius 2 is 1.82 bits per heavy atom. The number of aliphatic carboxylic acids is 1. The van der Waals surface area contributed by atoms with E-state index in [2.05, 4.69) is 5.32 Å². The van der Waals surface area contributed by atoms with E-state index in [0.717, 1.165) is 5.52 Å². The van der Waals surface area contributed by atoms with Crippen LogP contribution < -0.4 is 11.0 Å². The van der Waals surface area contributed by atoms with Gasteiger partial charge in [0.15, 0.2) is 0 Å². The summed E-state index contributed by atoms with van der Waals surface area (Å²) in [5.41, 5.74) is 1.22. The topological polar surface area (TPSA) is 93.3 Å². The number of hydrogen-bond acceptors (Lipinski definition) is 3. The number of carboxylic acid groups (broad SMARTS) is 1. The van der Waals surface area contributed by atoms with Gasteiger partial charge in [-0.1, -0.05) is 19.1 Å². The summed E-state index contributed by atoms with van der Waals surface area (Å²) in [6, 6.07) is 7.27. The van der Waals surface area contributed by atoms with Gasteiger partial charge in [0.25, 0.3) is 0 Å². The van der Waals surface area contributed by atoms with Crippen LogP contribution in [0.5, 0.6) is 0 Å². The zero-order valence-electron chi connectivity index (χ0n) is 12.6. The number of benzene rings is 1. The summed E-state index contributed by atoms with van der Waals surface area (Å²) in [4.78, 5) is 35.0. The molecule has 0 fully saturated rings. The SMILES string of the molecule is CCn1c(=O)n(CC(=O)NCC(C)C(=O)O)c2ccccc21. The lowest BCUT2D eigenvalue weighted by molar-refractivity contribution is -0.141.